The summed E-state index contributed by atoms with van der Waals surface area (Å²) in [4.78, 5) is 15.6. The molecule has 1 heterocycles. The van der Waals surface area contributed by atoms with Gasteiger partial charge < -0.3 is 9.73 Å². The second-order valence-electron chi connectivity index (χ2n) is 3.75. The molecule has 1 rings (SSSR count). The van der Waals surface area contributed by atoms with E-state index in [0.717, 1.165) is 5.33 Å². The van der Waals surface area contributed by atoms with E-state index in [4.69, 9.17) is 4.42 Å². The summed E-state index contributed by atoms with van der Waals surface area (Å²) in [5.41, 5.74) is 0.615. The van der Waals surface area contributed by atoms with Crippen LogP contribution in [0.4, 0.5) is 0 Å². The molecule has 0 fully saturated rings. The lowest BCUT2D eigenvalue weighted by Gasteiger charge is -2.19. The molecular formula is C10H15BrN2O2. The normalized spacial score (nSPS) is 12.9. The van der Waals surface area contributed by atoms with Crippen LogP contribution < -0.4 is 5.32 Å². The Balaban J connectivity index is 2.67. The molecule has 15 heavy (non-hydrogen) atoms. The van der Waals surface area contributed by atoms with Gasteiger partial charge in [-0.25, -0.2) is 4.98 Å². The summed E-state index contributed by atoms with van der Waals surface area (Å²) >= 11 is 3.37. The summed E-state index contributed by atoms with van der Waals surface area (Å²) in [7, 11) is 0. The number of carbonyl (C=O) groups is 1. The predicted molar refractivity (Wildman–Crippen MR) is 61.1 cm³/mol. The number of nitrogens with one attached hydrogen (secondary N) is 1. The third-order valence-electron chi connectivity index (χ3n) is 2.24. The van der Waals surface area contributed by atoms with Crippen LogP contribution >= 0.6 is 15.9 Å². The van der Waals surface area contributed by atoms with Crippen LogP contribution in [0.2, 0.25) is 0 Å². The molecular weight excluding hydrogens is 260 g/mol. The highest BCUT2D eigenvalue weighted by Gasteiger charge is 2.19. The molecule has 0 saturated carbocycles. The zero-order valence-electron chi connectivity index (χ0n) is 9.08. The van der Waals surface area contributed by atoms with Crippen LogP contribution in [0.5, 0.6) is 0 Å². The molecule has 0 radical (unpaired) electrons. The number of hydrogen-bond donors (Lipinski definition) is 1. The van der Waals surface area contributed by atoms with Crippen LogP contribution in [0.25, 0.3) is 0 Å². The lowest BCUT2D eigenvalue weighted by molar-refractivity contribution is 0.0903. The number of alkyl halides is 1. The number of nitrogens with zero attached hydrogens (tertiary/aromatic N) is 1. The number of aromatic nitrogens is 1. The molecule has 1 atom stereocenters. The first-order valence-electron chi connectivity index (χ1n) is 4.83. The maximum Gasteiger partial charge on any atom is 0.289 e. The van der Waals surface area contributed by atoms with Crippen molar-refractivity contribution in [3.05, 3.63) is 17.8 Å². The quantitative estimate of drug-likeness (QED) is 0.856. The van der Waals surface area contributed by atoms with Gasteiger partial charge in [-0.15, -0.1) is 0 Å². The molecule has 1 aromatic rings. The monoisotopic (exact) mass is 274 g/mol. The zero-order valence-corrected chi connectivity index (χ0v) is 10.7. The van der Waals surface area contributed by atoms with Crippen molar-refractivity contribution in [1.29, 1.82) is 0 Å². The van der Waals surface area contributed by atoms with Crippen molar-refractivity contribution in [3.8, 4) is 0 Å². The smallest absolute Gasteiger partial charge is 0.289 e. The average Bonchev–Trinajstić information content (AvgIpc) is 2.60. The van der Waals surface area contributed by atoms with Gasteiger partial charge in [-0.3, -0.25) is 4.79 Å². The lowest BCUT2D eigenvalue weighted by atomic mass is 10.1. The third-order valence-corrected chi connectivity index (χ3v) is 2.94. The largest absolute Gasteiger partial charge is 0.438 e. The van der Waals surface area contributed by atoms with Crippen LogP contribution in [-0.2, 0) is 0 Å². The fraction of sp³-hybridized carbons (Fsp3) is 0.600. The van der Waals surface area contributed by atoms with E-state index >= 15 is 0 Å². The number of oxazole rings is 1. The van der Waals surface area contributed by atoms with Crippen molar-refractivity contribution >= 4 is 21.8 Å². The highest BCUT2D eigenvalue weighted by Crippen LogP contribution is 2.09. The number of aryl methyl sites for hydroxylation is 1. The molecule has 0 aromatic carbocycles. The molecule has 0 aliphatic heterocycles. The Morgan fingerprint density at radius 2 is 2.33 bits per heavy atom. The van der Waals surface area contributed by atoms with Crippen LogP contribution in [0.15, 0.2) is 10.8 Å². The fourth-order valence-corrected chi connectivity index (χ4v) is 2.05. The summed E-state index contributed by atoms with van der Waals surface area (Å²) in [5, 5.41) is 3.62. The van der Waals surface area contributed by atoms with Crippen molar-refractivity contribution in [2.24, 2.45) is 5.92 Å². The van der Waals surface area contributed by atoms with Gasteiger partial charge >= 0.3 is 0 Å². The summed E-state index contributed by atoms with van der Waals surface area (Å²) in [5.74, 6) is 0.460. The average molecular weight is 275 g/mol. The molecule has 1 amide bonds. The Labute approximate surface area is 97.6 Å². The highest BCUT2D eigenvalue weighted by molar-refractivity contribution is 9.09. The fourth-order valence-electron chi connectivity index (χ4n) is 1.14. The summed E-state index contributed by atoms with van der Waals surface area (Å²) in [6, 6.07) is 0.0991. The van der Waals surface area contributed by atoms with E-state index in [0.29, 0.717) is 17.4 Å². The first-order valence-corrected chi connectivity index (χ1v) is 5.95. The molecule has 0 aliphatic rings. The van der Waals surface area contributed by atoms with Gasteiger partial charge in [0.05, 0.1) is 5.69 Å². The second-order valence-corrected chi connectivity index (χ2v) is 4.39. The molecule has 0 spiro atoms. The van der Waals surface area contributed by atoms with Gasteiger partial charge in [0, 0.05) is 11.4 Å². The lowest BCUT2D eigenvalue weighted by Crippen LogP contribution is -2.39. The Hall–Kier alpha value is -0.840. The Bertz CT molecular complexity index is 336. The van der Waals surface area contributed by atoms with Crippen molar-refractivity contribution in [2.45, 2.75) is 26.8 Å². The summed E-state index contributed by atoms with van der Waals surface area (Å²) in [6.45, 7) is 5.86. The SMILES string of the molecule is Cc1ncoc1C(=O)NC(CBr)C(C)C. The van der Waals surface area contributed by atoms with Crippen molar-refractivity contribution in [3.63, 3.8) is 0 Å². The Kier molecular flexibility index (Phi) is 4.32. The Morgan fingerprint density at radius 3 is 2.73 bits per heavy atom. The molecule has 1 unspecified atom stereocenters. The van der Waals surface area contributed by atoms with Crippen LogP contribution in [0.3, 0.4) is 0 Å². The molecule has 5 heteroatoms. The first-order chi connectivity index (χ1) is 7.06. The van der Waals surface area contributed by atoms with Gasteiger partial charge in [0.1, 0.15) is 0 Å². The number of carbonyl (C=O) groups excluding carboxylic acids is 1. The molecule has 0 bridgehead atoms. The van der Waals surface area contributed by atoms with Crippen molar-refractivity contribution < 1.29 is 9.21 Å². The van der Waals surface area contributed by atoms with E-state index in [-0.39, 0.29) is 11.9 Å². The van der Waals surface area contributed by atoms with Gasteiger partial charge in [-0.1, -0.05) is 29.8 Å². The van der Waals surface area contributed by atoms with E-state index in [1.165, 1.54) is 6.39 Å². The van der Waals surface area contributed by atoms with Gasteiger partial charge in [0.25, 0.3) is 5.91 Å². The predicted octanol–water partition coefficient (Wildman–Crippen LogP) is 2.13. The standard InChI is InChI=1S/C10H15BrN2O2/c1-6(2)8(4-11)13-10(14)9-7(3)12-5-15-9/h5-6,8H,4H2,1-3H3,(H,13,14). The number of amides is 1. The zero-order chi connectivity index (χ0) is 11.4. The summed E-state index contributed by atoms with van der Waals surface area (Å²) < 4.78 is 5.01. The van der Waals surface area contributed by atoms with Gasteiger partial charge in [-0.05, 0) is 12.8 Å². The van der Waals surface area contributed by atoms with E-state index in [2.05, 4.69) is 40.1 Å². The number of halogens is 1. The molecule has 1 N–H and O–H groups in total. The van der Waals surface area contributed by atoms with Gasteiger partial charge in [0.15, 0.2) is 6.39 Å². The van der Waals surface area contributed by atoms with Crippen molar-refractivity contribution in [1.82, 2.24) is 10.3 Å². The third kappa shape index (κ3) is 3.06. The maximum atomic E-state index is 11.7. The highest BCUT2D eigenvalue weighted by atomic mass is 79.9. The summed E-state index contributed by atoms with van der Waals surface area (Å²) in [6.07, 6.45) is 1.28. The number of hydrogen-bond acceptors (Lipinski definition) is 3. The van der Waals surface area contributed by atoms with Crippen LogP contribution in [0, 0.1) is 12.8 Å². The van der Waals surface area contributed by atoms with Crippen LogP contribution in [-0.4, -0.2) is 22.3 Å². The van der Waals surface area contributed by atoms with E-state index < -0.39 is 0 Å². The second kappa shape index (κ2) is 5.30. The van der Waals surface area contributed by atoms with Gasteiger partial charge in [-0.2, -0.15) is 0 Å². The number of rotatable bonds is 4. The first kappa shape index (κ1) is 12.2. The van der Waals surface area contributed by atoms with E-state index in [1.807, 2.05) is 0 Å². The molecule has 1 aromatic heterocycles. The molecule has 0 aliphatic carbocycles. The maximum absolute atomic E-state index is 11.7. The van der Waals surface area contributed by atoms with E-state index in [9.17, 15) is 4.79 Å². The topological polar surface area (TPSA) is 55.1 Å². The van der Waals surface area contributed by atoms with Crippen molar-refractivity contribution in [2.75, 3.05) is 5.33 Å². The molecule has 84 valence electrons. The minimum atomic E-state index is -0.205. The molecule has 0 saturated heterocycles. The van der Waals surface area contributed by atoms with Gasteiger partial charge in [0.2, 0.25) is 5.76 Å². The van der Waals surface area contributed by atoms with E-state index in [1.54, 1.807) is 6.92 Å². The minimum Gasteiger partial charge on any atom is -0.438 e. The molecule has 4 nitrogen and oxygen atoms in total. The van der Waals surface area contributed by atoms with Crippen LogP contribution in [0.1, 0.15) is 30.1 Å². The Morgan fingerprint density at radius 1 is 1.67 bits per heavy atom. The minimum absolute atomic E-state index is 0.0991.